The first-order chi connectivity index (χ1) is 16.0. The number of ether oxygens (including phenoxy) is 4. The summed E-state index contributed by atoms with van der Waals surface area (Å²) in [5, 5.41) is 0. The molecule has 3 aromatic rings. The minimum absolute atomic E-state index is 0.0359. The van der Waals surface area contributed by atoms with Crippen molar-refractivity contribution < 1.29 is 23.7 Å². The number of nitrogens with zero attached hydrogens (tertiary/aromatic N) is 1. The summed E-state index contributed by atoms with van der Waals surface area (Å²) in [7, 11) is 4.86. The van der Waals surface area contributed by atoms with Gasteiger partial charge in [-0.25, -0.2) is 0 Å². The lowest BCUT2D eigenvalue weighted by Crippen LogP contribution is -2.42. The van der Waals surface area contributed by atoms with Gasteiger partial charge in [0.25, 0.3) is 5.91 Å². The van der Waals surface area contributed by atoms with Crippen molar-refractivity contribution in [2.75, 3.05) is 34.5 Å². The van der Waals surface area contributed by atoms with Crippen molar-refractivity contribution in [3.63, 3.8) is 0 Å². The molecule has 0 saturated carbocycles. The van der Waals surface area contributed by atoms with Crippen LogP contribution in [0.1, 0.15) is 27.5 Å². The number of amides is 1. The largest absolute Gasteiger partial charge is 0.497 e. The summed E-state index contributed by atoms with van der Waals surface area (Å²) in [5.41, 5.74) is 2.75. The van der Waals surface area contributed by atoms with Gasteiger partial charge in [0.1, 0.15) is 18.1 Å². The van der Waals surface area contributed by atoms with E-state index in [1.807, 2.05) is 65.6 Å². The van der Waals surface area contributed by atoms with Crippen molar-refractivity contribution in [3.8, 4) is 23.0 Å². The molecular formula is C26H26BrNO5. The molecule has 0 bridgehead atoms. The lowest BCUT2D eigenvalue weighted by Gasteiger charge is -2.37. The fraction of sp³-hybridized carbons (Fsp3) is 0.269. The molecule has 0 saturated heterocycles. The van der Waals surface area contributed by atoms with Gasteiger partial charge in [0, 0.05) is 16.6 Å². The molecule has 1 heterocycles. The molecule has 0 unspecified atom stereocenters. The SMILES string of the molecule is COc1ccc(OC[C@H]2c3cc(OC)c(OC)cc3CCN2C(=O)c2ccc(Br)cc2)cc1. The summed E-state index contributed by atoms with van der Waals surface area (Å²) in [6.45, 7) is 0.880. The van der Waals surface area contributed by atoms with E-state index in [9.17, 15) is 4.79 Å². The van der Waals surface area contributed by atoms with Crippen molar-refractivity contribution in [1.29, 1.82) is 0 Å². The number of rotatable bonds is 7. The summed E-state index contributed by atoms with van der Waals surface area (Å²) in [5.74, 6) is 2.74. The van der Waals surface area contributed by atoms with E-state index in [0.29, 0.717) is 36.0 Å². The molecule has 1 aliphatic rings. The molecule has 4 rings (SSSR count). The Kier molecular flexibility index (Phi) is 7.08. The number of hydrogen-bond donors (Lipinski definition) is 0. The maximum Gasteiger partial charge on any atom is 0.254 e. The Bertz CT molecular complexity index is 1110. The fourth-order valence-corrected chi connectivity index (χ4v) is 4.32. The van der Waals surface area contributed by atoms with Crippen LogP contribution in [0.4, 0.5) is 0 Å². The molecule has 0 aliphatic carbocycles. The monoisotopic (exact) mass is 511 g/mol. The summed E-state index contributed by atoms with van der Waals surface area (Å²) in [4.78, 5) is 15.4. The van der Waals surface area contributed by atoms with Gasteiger partial charge in [-0.3, -0.25) is 4.79 Å². The molecule has 7 heteroatoms. The highest BCUT2D eigenvalue weighted by molar-refractivity contribution is 9.10. The first kappa shape index (κ1) is 23.0. The van der Waals surface area contributed by atoms with Crippen LogP contribution in [-0.4, -0.2) is 45.3 Å². The van der Waals surface area contributed by atoms with Crippen LogP contribution in [0.2, 0.25) is 0 Å². The Hall–Kier alpha value is -3.19. The van der Waals surface area contributed by atoms with Crippen LogP contribution in [0.25, 0.3) is 0 Å². The Morgan fingerprint density at radius 2 is 1.55 bits per heavy atom. The molecular weight excluding hydrogens is 486 g/mol. The molecule has 172 valence electrons. The number of fused-ring (bicyclic) bond motifs is 1. The maximum absolute atomic E-state index is 13.5. The minimum atomic E-state index is -0.285. The van der Waals surface area contributed by atoms with Gasteiger partial charge in [0.05, 0.1) is 27.4 Å². The lowest BCUT2D eigenvalue weighted by atomic mass is 9.91. The summed E-state index contributed by atoms with van der Waals surface area (Å²) >= 11 is 3.43. The summed E-state index contributed by atoms with van der Waals surface area (Å²) < 4.78 is 23.3. The van der Waals surface area contributed by atoms with Gasteiger partial charge in [-0.15, -0.1) is 0 Å². The molecule has 0 N–H and O–H groups in total. The van der Waals surface area contributed by atoms with Gasteiger partial charge >= 0.3 is 0 Å². The first-order valence-corrected chi connectivity index (χ1v) is 11.4. The molecule has 0 aromatic heterocycles. The highest BCUT2D eigenvalue weighted by Crippen LogP contribution is 2.39. The smallest absolute Gasteiger partial charge is 0.254 e. The topological polar surface area (TPSA) is 57.2 Å². The van der Waals surface area contributed by atoms with Crippen LogP contribution >= 0.6 is 15.9 Å². The minimum Gasteiger partial charge on any atom is -0.497 e. The Labute approximate surface area is 202 Å². The van der Waals surface area contributed by atoms with Gasteiger partial charge in [-0.1, -0.05) is 15.9 Å². The zero-order valence-electron chi connectivity index (χ0n) is 18.8. The molecule has 1 amide bonds. The predicted molar refractivity (Wildman–Crippen MR) is 130 cm³/mol. The fourth-order valence-electron chi connectivity index (χ4n) is 4.06. The van der Waals surface area contributed by atoms with E-state index in [-0.39, 0.29) is 11.9 Å². The number of hydrogen-bond acceptors (Lipinski definition) is 5. The second-order valence-corrected chi connectivity index (χ2v) is 8.58. The number of carbonyl (C=O) groups is 1. The molecule has 1 atom stereocenters. The summed E-state index contributed by atoms with van der Waals surface area (Å²) in [6.07, 6.45) is 0.719. The van der Waals surface area contributed by atoms with E-state index in [0.717, 1.165) is 27.8 Å². The Morgan fingerprint density at radius 1 is 0.909 bits per heavy atom. The van der Waals surface area contributed by atoms with Crippen LogP contribution in [0.3, 0.4) is 0 Å². The van der Waals surface area contributed by atoms with Crippen LogP contribution in [0, 0.1) is 0 Å². The quantitative estimate of drug-likeness (QED) is 0.431. The van der Waals surface area contributed by atoms with E-state index in [1.165, 1.54) is 0 Å². The third-order valence-corrected chi connectivity index (χ3v) is 6.35. The average Bonchev–Trinajstić information content (AvgIpc) is 2.86. The van der Waals surface area contributed by atoms with Crippen molar-refractivity contribution >= 4 is 21.8 Å². The third-order valence-electron chi connectivity index (χ3n) is 5.82. The molecule has 6 nitrogen and oxygen atoms in total. The van der Waals surface area contributed by atoms with Crippen LogP contribution in [0.15, 0.2) is 65.1 Å². The first-order valence-electron chi connectivity index (χ1n) is 10.6. The van der Waals surface area contributed by atoms with Crippen LogP contribution in [-0.2, 0) is 6.42 Å². The number of methoxy groups -OCH3 is 3. The van der Waals surface area contributed by atoms with Gasteiger partial charge in [-0.2, -0.15) is 0 Å². The lowest BCUT2D eigenvalue weighted by molar-refractivity contribution is 0.0589. The highest BCUT2D eigenvalue weighted by atomic mass is 79.9. The van der Waals surface area contributed by atoms with Crippen molar-refractivity contribution in [1.82, 2.24) is 4.90 Å². The van der Waals surface area contributed by atoms with Gasteiger partial charge in [-0.05, 0) is 78.2 Å². The normalized spacial score (nSPS) is 14.9. The second-order valence-electron chi connectivity index (χ2n) is 7.66. The van der Waals surface area contributed by atoms with Crippen LogP contribution < -0.4 is 18.9 Å². The van der Waals surface area contributed by atoms with Crippen molar-refractivity contribution in [2.24, 2.45) is 0 Å². The van der Waals surface area contributed by atoms with Gasteiger partial charge in [0.2, 0.25) is 0 Å². The second kappa shape index (κ2) is 10.2. The number of carbonyl (C=O) groups excluding carboxylic acids is 1. The zero-order chi connectivity index (χ0) is 23.4. The van der Waals surface area contributed by atoms with E-state index in [2.05, 4.69) is 15.9 Å². The maximum atomic E-state index is 13.5. The van der Waals surface area contributed by atoms with E-state index in [4.69, 9.17) is 18.9 Å². The standard InChI is InChI=1S/C26H26BrNO5/c1-30-20-8-10-21(11-9-20)33-16-23-22-15-25(32-3)24(31-2)14-18(22)12-13-28(23)26(29)17-4-6-19(27)7-5-17/h4-11,14-15,23H,12-13,16H2,1-3H3/t23-/m0/s1. The Morgan fingerprint density at radius 3 is 2.18 bits per heavy atom. The van der Waals surface area contributed by atoms with Gasteiger partial charge in [0.15, 0.2) is 11.5 Å². The van der Waals surface area contributed by atoms with E-state index < -0.39 is 0 Å². The summed E-state index contributed by atoms with van der Waals surface area (Å²) in [6, 6.07) is 18.5. The van der Waals surface area contributed by atoms with Crippen molar-refractivity contribution in [3.05, 3.63) is 81.8 Å². The molecule has 0 radical (unpaired) electrons. The zero-order valence-corrected chi connectivity index (χ0v) is 20.4. The van der Waals surface area contributed by atoms with E-state index in [1.54, 1.807) is 21.3 Å². The Balaban J connectivity index is 1.68. The molecule has 0 spiro atoms. The third kappa shape index (κ3) is 4.93. The predicted octanol–water partition coefficient (Wildman–Crippen LogP) is 5.29. The molecule has 33 heavy (non-hydrogen) atoms. The highest BCUT2D eigenvalue weighted by Gasteiger charge is 2.33. The van der Waals surface area contributed by atoms with Crippen LogP contribution in [0.5, 0.6) is 23.0 Å². The molecule has 1 aliphatic heterocycles. The number of halogens is 1. The molecule has 0 fully saturated rings. The van der Waals surface area contributed by atoms with Crippen molar-refractivity contribution in [2.45, 2.75) is 12.5 Å². The molecule has 3 aromatic carbocycles. The average molecular weight is 512 g/mol. The van der Waals surface area contributed by atoms with Gasteiger partial charge < -0.3 is 23.8 Å². The van der Waals surface area contributed by atoms with E-state index >= 15 is 0 Å². The number of benzene rings is 3.